The smallest absolute Gasteiger partial charge is 0.410 e. The van der Waals surface area contributed by atoms with Crippen molar-refractivity contribution in [3.8, 4) is 11.5 Å². The van der Waals surface area contributed by atoms with Gasteiger partial charge in [0.05, 0.1) is 4.92 Å². The first kappa shape index (κ1) is 25.4. The number of benzene rings is 2. The van der Waals surface area contributed by atoms with E-state index in [9.17, 15) is 23.3 Å². The molecule has 34 heavy (non-hydrogen) atoms. The van der Waals surface area contributed by atoms with Crippen LogP contribution in [0.3, 0.4) is 0 Å². The van der Waals surface area contributed by atoms with Crippen molar-refractivity contribution in [2.24, 2.45) is 0 Å². The van der Waals surface area contributed by atoms with Gasteiger partial charge in [-0.05, 0) is 63.9 Å². The third-order valence-electron chi connectivity index (χ3n) is 5.07. The maximum absolute atomic E-state index is 13.5. The number of hydrogen-bond donors (Lipinski definition) is 0. The highest BCUT2D eigenvalue weighted by Gasteiger charge is 2.34. The molecule has 1 amide bonds. The van der Waals surface area contributed by atoms with E-state index in [-0.39, 0.29) is 42.5 Å². The number of piperazine rings is 1. The van der Waals surface area contributed by atoms with Gasteiger partial charge in [0.2, 0.25) is 10.0 Å². The van der Waals surface area contributed by atoms with Gasteiger partial charge < -0.3 is 14.4 Å². The zero-order valence-electron chi connectivity index (χ0n) is 19.9. The van der Waals surface area contributed by atoms with Crippen LogP contribution < -0.4 is 4.74 Å². The van der Waals surface area contributed by atoms with Crippen LogP contribution in [-0.2, 0) is 14.8 Å². The Bertz CT molecular complexity index is 1180. The highest BCUT2D eigenvalue weighted by Crippen LogP contribution is 2.35. The van der Waals surface area contributed by atoms with E-state index in [4.69, 9.17) is 9.47 Å². The number of carbonyl (C=O) groups excluding carboxylic acids is 1. The Balaban J connectivity index is 1.88. The summed E-state index contributed by atoms with van der Waals surface area (Å²) >= 11 is 0. The van der Waals surface area contributed by atoms with Gasteiger partial charge in [-0.3, -0.25) is 10.1 Å². The predicted molar refractivity (Wildman–Crippen MR) is 126 cm³/mol. The van der Waals surface area contributed by atoms with E-state index in [1.807, 2.05) is 19.9 Å². The molecule has 1 aliphatic heterocycles. The van der Waals surface area contributed by atoms with Crippen molar-refractivity contribution in [2.45, 2.75) is 45.1 Å². The van der Waals surface area contributed by atoms with Crippen LogP contribution in [-0.4, -0.2) is 60.4 Å². The normalized spacial score (nSPS) is 15.1. The van der Waals surface area contributed by atoms with Crippen LogP contribution in [0.5, 0.6) is 11.5 Å². The average Bonchev–Trinajstić information content (AvgIpc) is 2.72. The molecule has 0 unspecified atom stereocenters. The molecule has 184 valence electrons. The number of nitrogens with zero attached hydrogens (tertiary/aromatic N) is 3. The summed E-state index contributed by atoms with van der Waals surface area (Å²) in [5, 5.41) is 11.3. The number of rotatable bonds is 5. The van der Waals surface area contributed by atoms with E-state index in [1.165, 1.54) is 21.3 Å². The second-order valence-corrected chi connectivity index (χ2v) is 11.1. The van der Waals surface area contributed by atoms with Crippen molar-refractivity contribution >= 4 is 21.8 Å². The molecule has 2 aromatic carbocycles. The van der Waals surface area contributed by atoms with Crippen molar-refractivity contribution < 1.29 is 27.6 Å². The van der Waals surface area contributed by atoms with Crippen LogP contribution in [0.15, 0.2) is 41.3 Å². The monoisotopic (exact) mass is 491 g/mol. The van der Waals surface area contributed by atoms with Gasteiger partial charge in [0.15, 0.2) is 0 Å². The van der Waals surface area contributed by atoms with Crippen molar-refractivity contribution in [1.82, 2.24) is 9.21 Å². The molecule has 11 heteroatoms. The standard InChI is InChI=1S/C23H29N3O7S/c1-16-12-17(2)14-19(13-16)32-20-7-6-18(26(28)29)15-21(20)34(30,31)25-10-8-24(9-11-25)22(27)33-23(3,4)5/h6-7,12-15H,8-11H2,1-5H3. The van der Waals surface area contributed by atoms with Gasteiger partial charge in [-0.1, -0.05) is 6.07 Å². The summed E-state index contributed by atoms with van der Waals surface area (Å²) in [7, 11) is -4.15. The molecule has 0 spiro atoms. The van der Waals surface area contributed by atoms with Crippen molar-refractivity contribution in [3.05, 3.63) is 57.6 Å². The molecule has 0 aromatic heterocycles. The minimum Gasteiger partial charge on any atom is -0.456 e. The summed E-state index contributed by atoms with van der Waals surface area (Å²) in [5.41, 5.74) is 0.835. The third kappa shape index (κ3) is 6.03. The number of sulfonamides is 1. The van der Waals surface area contributed by atoms with Gasteiger partial charge in [0.1, 0.15) is 22.0 Å². The maximum Gasteiger partial charge on any atom is 0.410 e. The zero-order chi connectivity index (χ0) is 25.3. The lowest BCUT2D eigenvalue weighted by atomic mass is 10.1. The van der Waals surface area contributed by atoms with E-state index >= 15 is 0 Å². The third-order valence-corrected chi connectivity index (χ3v) is 6.99. The summed E-state index contributed by atoms with van der Waals surface area (Å²) < 4.78 is 39.4. The Hall–Kier alpha value is -3.18. The number of hydrogen-bond acceptors (Lipinski definition) is 7. The highest BCUT2D eigenvalue weighted by molar-refractivity contribution is 7.89. The number of non-ortho nitro benzene ring substituents is 1. The van der Waals surface area contributed by atoms with Crippen LogP contribution >= 0.6 is 0 Å². The maximum atomic E-state index is 13.5. The molecular weight excluding hydrogens is 462 g/mol. The Labute approximate surface area is 199 Å². The van der Waals surface area contributed by atoms with E-state index in [0.29, 0.717) is 5.75 Å². The van der Waals surface area contributed by atoms with E-state index < -0.39 is 26.6 Å². The first-order chi connectivity index (χ1) is 15.8. The van der Waals surface area contributed by atoms with Crippen molar-refractivity contribution in [3.63, 3.8) is 0 Å². The molecule has 0 radical (unpaired) electrons. The number of nitro benzene ring substituents is 1. The molecule has 2 aromatic rings. The molecule has 1 aliphatic rings. The van der Waals surface area contributed by atoms with Gasteiger partial charge >= 0.3 is 6.09 Å². The first-order valence-corrected chi connectivity index (χ1v) is 12.2. The van der Waals surface area contributed by atoms with E-state index in [1.54, 1.807) is 32.9 Å². The molecule has 0 N–H and O–H groups in total. The quantitative estimate of drug-likeness (QED) is 0.453. The number of carbonyl (C=O) groups is 1. The second-order valence-electron chi connectivity index (χ2n) is 9.19. The summed E-state index contributed by atoms with van der Waals surface area (Å²) in [6.45, 7) is 9.35. The zero-order valence-corrected chi connectivity index (χ0v) is 20.7. The van der Waals surface area contributed by atoms with Gasteiger partial charge in [-0.2, -0.15) is 4.31 Å². The van der Waals surface area contributed by atoms with Crippen molar-refractivity contribution in [1.29, 1.82) is 0 Å². The van der Waals surface area contributed by atoms with Crippen LogP contribution in [0.25, 0.3) is 0 Å². The van der Waals surface area contributed by atoms with Crippen LogP contribution in [0, 0.1) is 24.0 Å². The molecule has 1 saturated heterocycles. The molecule has 3 rings (SSSR count). The topological polar surface area (TPSA) is 119 Å². The molecule has 1 fully saturated rings. The SMILES string of the molecule is Cc1cc(C)cc(Oc2ccc([N+](=O)[O-])cc2S(=O)(=O)N2CCN(C(=O)OC(C)(C)C)CC2)c1. The Morgan fingerprint density at radius 1 is 1.00 bits per heavy atom. The highest BCUT2D eigenvalue weighted by atomic mass is 32.2. The summed E-state index contributed by atoms with van der Waals surface area (Å²) in [5.74, 6) is 0.419. The fourth-order valence-electron chi connectivity index (χ4n) is 3.59. The van der Waals surface area contributed by atoms with Gasteiger partial charge in [-0.15, -0.1) is 0 Å². The van der Waals surface area contributed by atoms with Gasteiger partial charge in [-0.25, -0.2) is 13.2 Å². The van der Waals surface area contributed by atoms with Crippen LogP contribution in [0.2, 0.25) is 0 Å². The number of amides is 1. The fraction of sp³-hybridized carbons (Fsp3) is 0.435. The largest absolute Gasteiger partial charge is 0.456 e. The second kappa shape index (κ2) is 9.59. The van der Waals surface area contributed by atoms with Gasteiger partial charge in [0, 0.05) is 38.3 Å². The molecule has 0 bridgehead atoms. The predicted octanol–water partition coefficient (Wildman–Crippen LogP) is 4.25. The molecule has 1 heterocycles. The number of nitro groups is 1. The van der Waals surface area contributed by atoms with Crippen molar-refractivity contribution in [2.75, 3.05) is 26.2 Å². The summed E-state index contributed by atoms with van der Waals surface area (Å²) in [6.07, 6.45) is -0.515. The Morgan fingerprint density at radius 3 is 2.12 bits per heavy atom. The lowest BCUT2D eigenvalue weighted by Crippen LogP contribution is -2.51. The summed E-state index contributed by atoms with van der Waals surface area (Å²) in [4.78, 5) is 24.1. The first-order valence-electron chi connectivity index (χ1n) is 10.8. The van der Waals surface area contributed by atoms with E-state index in [0.717, 1.165) is 17.2 Å². The summed E-state index contributed by atoms with van der Waals surface area (Å²) in [6, 6.07) is 8.96. The lowest BCUT2D eigenvalue weighted by molar-refractivity contribution is -0.385. The van der Waals surface area contributed by atoms with Gasteiger partial charge in [0.25, 0.3) is 5.69 Å². The Kier molecular flexibility index (Phi) is 7.18. The lowest BCUT2D eigenvalue weighted by Gasteiger charge is -2.35. The molecule has 0 aliphatic carbocycles. The molecule has 0 saturated carbocycles. The van der Waals surface area contributed by atoms with E-state index in [2.05, 4.69) is 0 Å². The number of aryl methyl sites for hydroxylation is 2. The minimum absolute atomic E-state index is 0.00910. The molecule has 10 nitrogen and oxygen atoms in total. The van der Waals surface area contributed by atoms with Crippen LogP contribution in [0.1, 0.15) is 31.9 Å². The molecule has 0 atom stereocenters. The number of ether oxygens (including phenoxy) is 2. The fourth-order valence-corrected chi connectivity index (χ4v) is 5.15. The minimum atomic E-state index is -4.15. The Morgan fingerprint density at radius 2 is 1.59 bits per heavy atom. The molecular formula is C23H29N3O7S. The van der Waals surface area contributed by atoms with Crippen LogP contribution in [0.4, 0.5) is 10.5 Å². The average molecular weight is 492 g/mol.